The molecule has 0 amide bonds. The fourth-order valence-electron chi connectivity index (χ4n) is 10.8. The van der Waals surface area contributed by atoms with Crippen LogP contribution in [0.5, 0.6) is 0 Å². The zero-order chi connectivity index (χ0) is 33.3. The Kier molecular flexibility index (Phi) is 10.2. The topological polar surface area (TPSA) is 68.3 Å². The lowest BCUT2D eigenvalue weighted by atomic mass is 9.64. The van der Waals surface area contributed by atoms with Crippen molar-refractivity contribution in [1.82, 2.24) is 0 Å². The van der Waals surface area contributed by atoms with E-state index in [2.05, 4.69) is 30.3 Å². The second kappa shape index (κ2) is 14.5. The van der Waals surface area contributed by atoms with E-state index in [0.29, 0.717) is 23.7 Å². The van der Waals surface area contributed by atoms with E-state index in [1.165, 1.54) is 54.4 Å². The largest absolute Gasteiger partial charge is 0.299 e. The van der Waals surface area contributed by atoms with Gasteiger partial charge in [0.15, 0.2) is 5.78 Å². The van der Waals surface area contributed by atoms with E-state index in [9.17, 15) is 19.2 Å². The fourth-order valence-corrected chi connectivity index (χ4v) is 10.8. The summed E-state index contributed by atoms with van der Waals surface area (Å²) >= 11 is 0. The molecule has 3 saturated carbocycles. The third-order valence-electron chi connectivity index (χ3n) is 13.7. The minimum Gasteiger partial charge on any atom is -0.299 e. The number of hydrogen-bond donors (Lipinski definition) is 0. The van der Waals surface area contributed by atoms with Crippen LogP contribution in [0, 0.1) is 40.9 Å². The number of benzene rings is 2. The molecule has 5 aliphatic carbocycles. The van der Waals surface area contributed by atoms with Crippen molar-refractivity contribution in [1.29, 1.82) is 0 Å². The van der Waals surface area contributed by atoms with Gasteiger partial charge >= 0.3 is 0 Å². The molecule has 0 radical (unpaired) electrons. The predicted octanol–water partition coefficient (Wildman–Crippen LogP) is 9.46. The van der Waals surface area contributed by atoms with Gasteiger partial charge in [0.2, 0.25) is 0 Å². The lowest BCUT2D eigenvalue weighted by molar-refractivity contribution is -0.139. The molecule has 4 nitrogen and oxygen atoms in total. The summed E-state index contributed by atoms with van der Waals surface area (Å²) in [5.74, 6) is 2.46. The minimum absolute atomic E-state index is 0.00374. The summed E-state index contributed by atoms with van der Waals surface area (Å²) in [6.07, 6.45) is 19.0. The molecule has 2 aromatic rings. The third kappa shape index (κ3) is 7.19. The van der Waals surface area contributed by atoms with Gasteiger partial charge in [0.25, 0.3) is 0 Å². The van der Waals surface area contributed by atoms with Gasteiger partial charge in [-0.2, -0.15) is 0 Å². The number of carbonyl (C=O) groups excluding carboxylic acids is 4. The highest BCUT2D eigenvalue weighted by Crippen LogP contribution is 2.45. The van der Waals surface area contributed by atoms with E-state index in [-0.39, 0.29) is 47.9 Å². The van der Waals surface area contributed by atoms with Crippen LogP contribution in [0.3, 0.4) is 0 Å². The van der Waals surface area contributed by atoms with Crippen LogP contribution in [-0.2, 0) is 40.1 Å². The second-order valence-corrected chi connectivity index (χ2v) is 16.8. The highest BCUT2D eigenvalue weighted by Gasteiger charge is 2.45. The molecular weight excluding hydrogens is 592 g/mol. The van der Waals surface area contributed by atoms with Crippen LogP contribution >= 0.6 is 0 Å². The first-order chi connectivity index (χ1) is 23.3. The van der Waals surface area contributed by atoms with Gasteiger partial charge in [0.1, 0.15) is 17.3 Å². The van der Waals surface area contributed by atoms with Crippen LogP contribution in [-0.4, -0.2) is 23.1 Å². The van der Waals surface area contributed by atoms with Gasteiger partial charge in [-0.25, -0.2) is 0 Å². The molecule has 0 heterocycles. The summed E-state index contributed by atoms with van der Waals surface area (Å²) in [6.45, 7) is 1.94. The molecule has 256 valence electrons. The fraction of sp³-hybridized carbons (Fsp3) is 0.636. The van der Waals surface area contributed by atoms with Gasteiger partial charge in [0, 0.05) is 48.0 Å². The Hall–Kier alpha value is -2.88. The van der Waals surface area contributed by atoms with Crippen molar-refractivity contribution >= 4 is 23.1 Å². The number of rotatable bonds is 10. The highest BCUT2D eigenvalue weighted by atomic mass is 16.1. The van der Waals surface area contributed by atoms with E-state index >= 15 is 0 Å². The monoisotopic (exact) mass is 648 g/mol. The molecule has 0 bridgehead atoms. The molecule has 0 aromatic heterocycles. The number of ketones is 4. The molecule has 3 fully saturated rings. The van der Waals surface area contributed by atoms with Crippen LogP contribution < -0.4 is 0 Å². The first kappa shape index (κ1) is 33.6. The first-order valence-electron chi connectivity index (χ1n) is 19.6. The number of hydrogen-bond acceptors (Lipinski definition) is 4. The molecule has 4 heteroatoms. The van der Waals surface area contributed by atoms with E-state index in [1.807, 2.05) is 19.1 Å². The quantitative estimate of drug-likeness (QED) is 0.241. The standard InChI is InChI=1S/C44H56O4/c1-44(28-42(47)38-23-16-30-12-7-13-35(30)24-38,43(48)34-21-14-31(15-22-34)29-8-3-2-4-9-29)27-41(46)33-19-17-32(18-20-33)39-25-36-10-5-6-11-37(36)26-40(39)45/h5-6,10-11,16,23-24,29,31-34,39H,2-4,7-9,12-15,17-22,25-28H2,1H3. The number of carbonyl (C=O) groups is 4. The summed E-state index contributed by atoms with van der Waals surface area (Å²) in [4.78, 5) is 55.7. The van der Waals surface area contributed by atoms with Crippen molar-refractivity contribution in [3.8, 4) is 0 Å². The van der Waals surface area contributed by atoms with Crippen molar-refractivity contribution in [3.05, 3.63) is 70.3 Å². The Balaban J connectivity index is 1.02. The van der Waals surface area contributed by atoms with Crippen molar-refractivity contribution in [2.24, 2.45) is 40.9 Å². The zero-order valence-electron chi connectivity index (χ0n) is 29.3. The maximum Gasteiger partial charge on any atom is 0.163 e. The zero-order valence-corrected chi connectivity index (χ0v) is 29.3. The average Bonchev–Trinajstić information content (AvgIpc) is 3.60. The maximum absolute atomic E-state index is 14.5. The van der Waals surface area contributed by atoms with Crippen molar-refractivity contribution < 1.29 is 19.2 Å². The van der Waals surface area contributed by atoms with Crippen LogP contribution in [0.2, 0.25) is 0 Å². The van der Waals surface area contributed by atoms with Crippen LogP contribution in [0.15, 0.2) is 42.5 Å². The average molecular weight is 649 g/mol. The van der Waals surface area contributed by atoms with Gasteiger partial charge in [-0.15, -0.1) is 0 Å². The Labute approximate surface area is 288 Å². The Morgan fingerprint density at radius 3 is 2.04 bits per heavy atom. The van der Waals surface area contributed by atoms with Gasteiger partial charge < -0.3 is 0 Å². The maximum atomic E-state index is 14.5. The molecule has 2 unspecified atom stereocenters. The van der Waals surface area contributed by atoms with Crippen molar-refractivity contribution in [2.75, 3.05) is 0 Å². The van der Waals surface area contributed by atoms with Crippen LogP contribution in [0.4, 0.5) is 0 Å². The number of Topliss-reactive ketones (excluding diaryl/α,β-unsaturated/α-hetero) is 4. The third-order valence-corrected chi connectivity index (χ3v) is 13.7. The molecule has 5 aliphatic rings. The molecule has 2 atom stereocenters. The predicted molar refractivity (Wildman–Crippen MR) is 190 cm³/mol. The van der Waals surface area contributed by atoms with Crippen LogP contribution in [0.1, 0.15) is 142 Å². The van der Waals surface area contributed by atoms with Crippen LogP contribution in [0.25, 0.3) is 0 Å². The molecule has 2 aromatic carbocycles. The Morgan fingerprint density at radius 2 is 1.29 bits per heavy atom. The van der Waals surface area contributed by atoms with E-state index in [1.54, 1.807) is 0 Å². The first-order valence-corrected chi connectivity index (χ1v) is 19.6. The van der Waals surface area contributed by atoms with Gasteiger partial charge in [-0.05, 0) is 123 Å². The normalized spacial score (nSPS) is 29.0. The SMILES string of the molecule is CC(CC(=O)c1ccc2c(c1)CCC2)(CC(=O)C1CCC(C2Cc3ccccc3CC2=O)CC1)C(=O)C1CCC(C2CCCCC2)CC1. The smallest absolute Gasteiger partial charge is 0.163 e. The lowest BCUT2D eigenvalue weighted by Gasteiger charge is -2.39. The van der Waals surface area contributed by atoms with E-state index < -0.39 is 5.41 Å². The summed E-state index contributed by atoms with van der Waals surface area (Å²) < 4.78 is 0. The molecule has 0 spiro atoms. The number of aryl methyl sites for hydroxylation is 2. The van der Waals surface area contributed by atoms with E-state index in [0.717, 1.165) is 88.9 Å². The number of fused-ring (bicyclic) bond motifs is 2. The van der Waals surface area contributed by atoms with Gasteiger partial charge in [-0.3, -0.25) is 19.2 Å². The Morgan fingerprint density at radius 1 is 0.646 bits per heavy atom. The van der Waals surface area contributed by atoms with E-state index in [4.69, 9.17) is 0 Å². The molecule has 0 saturated heterocycles. The van der Waals surface area contributed by atoms with Gasteiger partial charge in [0.05, 0.1) is 0 Å². The summed E-state index contributed by atoms with van der Waals surface area (Å²) in [7, 11) is 0. The molecule has 7 rings (SSSR count). The molecule has 0 N–H and O–H groups in total. The van der Waals surface area contributed by atoms with Gasteiger partial charge in [-0.1, -0.05) is 75.4 Å². The summed E-state index contributed by atoms with van der Waals surface area (Å²) in [5, 5.41) is 0. The second-order valence-electron chi connectivity index (χ2n) is 16.8. The van der Waals surface area contributed by atoms with Crippen molar-refractivity contribution in [3.63, 3.8) is 0 Å². The van der Waals surface area contributed by atoms with Crippen molar-refractivity contribution in [2.45, 2.75) is 135 Å². The Bertz CT molecular complexity index is 1510. The highest BCUT2D eigenvalue weighted by molar-refractivity contribution is 6.02. The molecule has 48 heavy (non-hydrogen) atoms. The minimum atomic E-state index is -0.977. The molecule has 0 aliphatic heterocycles. The lowest BCUT2D eigenvalue weighted by Crippen LogP contribution is -2.41. The molecular formula is C44H56O4. The summed E-state index contributed by atoms with van der Waals surface area (Å²) in [6, 6.07) is 14.4. The summed E-state index contributed by atoms with van der Waals surface area (Å²) in [5.41, 5.74) is 4.80.